The van der Waals surface area contributed by atoms with Crippen LogP contribution < -0.4 is 5.32 Å². The van der Waals surface area contributed by atoms with Crippen LogP contribution in [0, 0.1) is 0 Å². The highest BCUT2D eigenvalue weighted by Crippen LogP contribution is 2.39. The van der Waals surface area contributed by atoms with Gasteiger partial charge in [-0.2, -0.15) is 0 Å². The maximum atomic E-state index is 12.5. The molecule has 0 aromatic heterocycles. The van der Waals surface area contributed by atoms with Gasteiger partial charge in [0.05, 0.1) is 6.61 Å². The summed E-state index contributed by atoms with van der Waals surface area (Å²) >= 11 is 0. The van der Waals surface area contributed by atoms with Crippen molar-refractivity contribution in [3.05, 3.63) is 35.9 Å². The molecule has 1 N–H and O–H groups in total. The number of carbonyl (C=O) groups is 1. The van der Waals surface area contributed by atoms with Crippen LogP contribution in [0.2, 0.25) is 0 Å². The first kappa shape index (κ1) is 16.0. The lowest BCUT2D eigenvalue weighted by atomic mass is 10.1. The summed E-state index contributed by atoms with van der Waals surface area (Å²) in [5, 5.41) is 2.98. The molecule has 24 heavy (non-hydrogen) atoms. The molecular weight excluding hydrogens is 310 g/mol. The van der Waals surface area contributed by atoms with E-state index in [4.69, 9.17) is 18.9 Å². The summed E-state index contributed by atoms with van der Waals surface area (Å²) in [5.41, 5.74) is 1.04. The number of amides is 1. The Kier molecular flexibility index (Phi) is 4.08. The van der Waals surface area contributed by atoms with Crippen molar-refractivity contribution in [1.82, 2.24) is 5.32 Å². The lowest BCUT2D eigenvalue weighted by molar-refractivity contribution is -0.219. The van der Waals surface area contributed by atoms with Gasteiger partial charge in [0, 0.05) is 6.04 Å². The zero-order chi connectivity index (χ0) is 16.7. The van der Waals surface area contributed by atoms with Gasteiger partial charge in [0.1, 0.15) is 12.2 Å². The third-order valence-corrected chi connectivity index (χ3v) is 4.46. The summed E-state index contributed by atoms with van der Waals surface area (Å²) in [7, 11) is 0. The van der Waals surface area contributed by atoms with E-state index in [0.717, 1.165) is 18.4 Å². The zero-order valence-electron chi connectivity index (χ0n) is 13.9. The van der Waals surface area contributed by atoms with E-state index in [1.54, 1.807) is 0 Å². The van der Waals surface area contributed by atoms with Crippen molar-refractivity contribution in [3.63, 3.8) is 0 Å². The predicted molar refractivity (Wildman–Crippen MR) is 84.9 cm³/mol. The SMILES string of the molecule is CC1(C)O[C@H]2O[C@@H](C(=O)NC3CC3)[C@@H](OCc3ccccc3)[C@H]2O1. The fraction of sp³-hybridized carbons (Fsp3) is 0.611. The normalized spacial score (nSPS) is 34.1. The molecule has 0 spiro atoms. The molecule has 1 amide bonds. The average Bonchev–Trinajstić information content (AvgIpc) is 3.22. The van der Waals surface area contributed by atoms with E-state index >= 15 is 0 Å². The minimum absolute atomic E-state index is 0.144. The van der Waals surface area contributed by atoms with Crippen molar-refractivity contribution >= 4 is 5.91 Å². The topological polar surface area (TPSA) is 66.0 Å². The Morgan fingerprint density at radius 1 is 1.25 bits per heavy atom. The van der Waals surface area contributed by atoms with E-state index in [9.17, 15) is 4.79 Å². The van der Waals surface area contributed by atoms with Gasteiger partial charge in [0.25, 0.3) is 5.91 Å². The largest absolute Gasteiger partial charge is 0.367 e. The fourth-order valence-corrected chi connectivity index (χ4v) is 3.15. The van der Waals surface area contributed by atoms with Gasteiger partial charge >= 0.3 is 0 Å². The van der Waals surface area contributed by atoms with Crippen LogP contribution in [0.4, 0.5) is 0 Å². The number of hydrogen-bond donors (Lipinski definition) is 1. The molecule has 3 aliphatic rings. The molecule has 6 heteroatoms. The Balaban J connectivity index is 1.47. The van der Waals surface area contributed by atoms with Gasteiger partial charge in [0.15, 0.2) is 18.2 Å². The first-order valence-corrected chi connectivity index (χ1v) is 8.49. The second kappa shape index (κ2) is 6.11. The molecule has 1 aromatic rings. The Morgan fingerprint density at radius 2 is 2.00 bits per heavy atom. The molecule has 0 radical (unpaired) electrons. The van der Waals surface area contributed by atoms with Crippen LogP contribution in [0.1, 0.15) is 32.3 Å². The number of hydrogen-bond acceptors (Lipinski definition) is 5. The first-order valence-electron chi connectivity index (χ1n) is 8.49. The van der Waals surface area contributed by atoms with Crippen LogP contribution in [0.15, 0.2) is 30.3 Å². The van der Waals surface area contributed by atoms with Crippen LogP contribution in [-0.2, 0) is 30.3 Å². The molecule has 1 aromatic carbocycles. The molecule has 1 aliphatic carbocycles. The summed E-state index contributed by atoms with van der Waals surface area (Å²) in [4.78, 5) is 12.5. The maximum Gasteiger partial charge on any atom is 0.252 e. The molecule has 3 fully saturated rings. The lowest BCUT2D eigenvalue weighted by Gasteiger charge is -2.25. The molecule has 0 bridgehead atoms. The third kappa shape index (κ3) is 3.32. The Labute approximate surface area is 141 Å². The molecule has 0 unspecified atom stereocenters. The van der Waals surface area contributed by atoms with Crippen LogP contribution in [0.25, 0.3) is 0 Å². The first-order chi connectivity index (χ1) is 11.5. The van der Waals surface area contributed by atoms with Crippen molar-refractivity contribution in [2.24, 2.45) is 0 Å². The fourth-order valence-electron chi connectivity index (χ4n) is 3.15. The number of carbonyl (C=O) groups excluding carboxylic acids is 1. The number of nitrogens with one attached hydrogen (secondary N) is 1. The molecule has 4 rings (SSSR count). The van der Waals surface area contributed by atoms with E-state index in [2.05, 4.69) is 5.32 Å². The smallest absolute Gasteiger partial charge is 0.252 e. The van der Waals surface area contributed by atoms with E-state index in [-0.39, 0.29) is 11.9 Å². The summed E-state index contributed by atoms with van der Waals surface area (Å²) < 4.78 is 23.5. The molecule has 2 saturated heterocycles. The van der Waals surface area contributed by atoms with Crippen molar-refractivity contribution in [3.8, 4) is 0 Å². The van der Waals surface area contributed by atoms with Crippen LogP contribution in [-0.4, -0.2) is 42.3 Å². The summed E-state index contributed by atoms with van der Waals surface area (Å²) in [6.07, 6.45) is -0.118. The summed E-state index contributed by atoms with van der Waals surface area (Å²) in [5.74, 6) is -0.878. The van der Waals surface area contributed by atoms with Gasteiger partial charge in [-0.05, 0) is 32.3 Å². The lowest BCUT2D eigenvalue weighted by Crippen LogP contribution is -2.46. The highest BCUT2D eigenvalue weighted by atomic mass is 16.8. The van der Waals surface area contributed by atoms with Gasteiger partial charge in [-0.25, -0.2) is 0 Å². The average molecular weight is 333 g/mol. The second-order valence-electron chi connectivity index (χ2n) is 7.07. The Hall–Kier alpha value is -1.47. The monoisotopic (exact) mass is 333 g/mol. The van der Waals surface area contributed by atoms with Crippen molar-refractivity contribution in [2.45, 2.75) is 69.7 Å². The van der Waals surface area contributed by atoms with Gasteiger partial charge in [-0.1, -0.05) is 30.3 Å². The summed E-state index contributed by atoms with van der Waals surface area (Å²) in [6.45, 7) is 4.07. The minimum atomic E-state index is -0.734. The Bertz CT molecular complexity index is 601. The molecule has 2 heterocycles. The predicted octanol–water partition coefficient (Wildman–Crippen LogP) is 1.73. The third-order valence-electron chi connectivity index (χ3n) is 4.46. The molecule has 4 atom stereocenters. The minimum Gasteiger partial charge on any atom is -0.367 e. The highest BCUT2D eigenvalue weighted by Gasteiger charge is 2.57. The van der Waals surface area contributed by atoms with Crippen molar-refractivity contribution < 1.29 is 23.7 Å². The molecule has 1 saturated carbocycles. The van der Waals surface area contributed by atoms with Crippen molar-refractivity contribution in [1.29, 1.82) is 0 Å². The quantitative estimate of drug-likeness (QED) is 0.889. The molecular formula is C18H23NO5. The highest BCUT2D eigenvalue weighted by molar-refractivity contribution is 5.82. The number of benzene rings is 1. The van der Waals surface area contributed by atoms with Gasteiger partial charge < -0.3 is 24.3 Å². The molecule has 130 valence electrons. The maximum absolute atomic E-state index is 12.5. The van der Waals surface area contributed by atoms with E-state index in [1.807, 2.05) is 44.2 Å². The second-order valence-corrected chi connectivity index (χ2v) is 7.07. The number of fused-ring (bicyclic) bond motifs is 1. The van der Waals surface area contributed by atoms with Crippen LogP contribution >= 0.6 is 0 Å². The Morgan fingerprint density at radius 3 is 2.71 bits per heavy atom. The standard InChI is InChI=1S/C18H23NO5/c1-18(2)23-15-13(21-10-11-6-4-3-5-7-11)14(22-17(15)24-18)16(20)19-12-8-9-12/h3-7,12-15,17H,8-10H2,1-2H3,(H,19,20)/t13-,14-,15-,17-/m1/s1. The van der Waals surface area contributed by atoms with E-state index in [1.165, 1.54) is 0 Å². The zero-order valence-corrected chi connectivity index (χ0v) is 13.9. The summed E-state index contributed by atoms with van der Waals surface area (Å²) in [6, 6.07) is 10.1. The van der Waals surface area contributed by atoms with Crippen LogP contribution in [0.3, 0.4) is 0 Å². The van der Waals surface area contributed by atoms with Crippen molar-refractivity contribution in [2.75, 3.05) is 0 Å². The number of rotatable bonds is 5. The van der Waals surface area contributed by atoms with Gasteiger partial charge in [-0.3, -0.25) is 4.79 Å². The molecule has 2 aliphatic heterocycles. The van der Waals surface area contributed by atoms with E-state index in [0.29, 0.717) is 6.61 Å². The molecule has 6 nitrogen and oxygen atoms in total. The number of ether oxygens (including phenoxy) is 4. The van der Waals surface area contributed by atoms with Crippen LogP contribution in [0.5, 0.6) is 0 Å². The van der Waals surface area contributed by atoms with Gasteiger partial charge in [-0.15, -0.1) is 0 Å². The van der Waals surface area contributed by atoms with Gasteiger partial charge in [0.2, 0.25) is 0 Å². The van der Waals surface area contributed by atoms with E-state index < -0.39 is 30.4 Å².